The van der Waals surface area contributed by atoms with Crippen LogP contribution in [0.4, 0.5) is 0 Å². The predicted molar refractivity (Wildman–Crippen MR) is 107 cm³/mol. The smallest absolute Gasteiger partial charge is 0.308 e. The maximum atomic E-state index is 12.2. The second-order valence-electron chi connectivity index (χ2n) is 6.40. The molecule has 2 amide bonds. The lowest BCUT2D eigenvalue weighted by Gasteiger charge is -2.19. The van der Waals surface area contributed by atoms with Crippen molar-refractivity contribution in [3.8, 4) is 0 Å². The molecule has 0 radical (unpaired) electrons. The highest BCUT2D eigenvalue weighted by molar-refractivity contribution is 6.30. The van der Waals surface area contributed by atoms with Crippen molar-refractivity contribution in [3.05, 3.63) is 70.7 Å². The van der Waals surface area contributed by atoms with E-state index >= 15 is 0 Å². The van der Waals surface area contributed by atoms with E-state index in [4.69, 9.17) is 16.3 Å². The number of nitrogens with one attached hydrogen (secondary N) is 1. The Balaban J connectivity index is 1.88. The van der Waals surface area contributed by atoms with E-state index in [-0.39, 0.29) is 24.8 Å². The summed E-state index contributed by atoms with van der Waals surface area (Å²) in [6.45, 7) is 1.45. The molecule has 0 heterocycles. The maximum absolute atomic E-state index is 12.2. The molecule has 0 saturated carbocycles. The highest BCUT2D eigenvalue weighted by Crippen LogP contribution is 2.20. The number of esters is 1. The number of hydrogen-bond donors (Lipinski definition) is 1. The second-order valence-corrected chi connectivity index (χ2v) is 6.84. The molecule has 7 heteroatoms. The third-order valence-corrected chi connectivity index (χ3v) is 4.32. The van der Waals surface area contributed by atoms with Crippen LogP contribution >= 0.6 is 11.6 Å². The van der Waals surface area contributed by atoms with Gasteiger partial charge in [-0.25, -0.2) is 0 Å². The van der Waals surface area contributed by atoms with Gasteiger partial charge in [-0.2, -0.15) is 0 Å². The zero-order valence-corrected chi connectivity index (χ0v) is 16.6. The number of hydrogen-bond acceptors (Lipinski definition) is 4. The lowest BCUT2D eigenvalue weighted by atomic mass is 10.0. The molecule has 1 atom stereocenters. The van der Waals surface area contributed by atoms with Crippen LogP contribution in [0.3, 0.4) is 0 Å². The molecule has 0 saturated heterocycles. The summed E-state index contributed by atoms with van der Waals surface area (Å²) < 4.78 is 5.11. The van der Waals surface area contributed by atoms with Crippen molar-refractivity contribution in [2.75, 3.05) is 13.7 Å². The lowest BCUT2D eigenvalue weighted by Crippen LogP contribution is -2.32. The molecule has 2 aromatic rings. The van der Waals surface area contributed by atoms with Gasteiger partial charge >= 0.3 is 5.97 Å². The van der Waals surface area contributed by atoms with Crippen molar-refractivity contribution in [1.29, 1.82) is 0 Å². The van der Waals surface area contributed by atoms with Gasteiger partial charge in [-0.05, 0) is 23.3 Å². The molecule has 2 rings (SSSR count). The van der Waals surface area contributed by atoms with E-state index in [2.05, 4.69) is 5.32 Å². The minimum atomic E-state index is -0.574. The number of ether oxygens (including phenoxy) is 1. The van der Waals surface area contributed by atoms with Gasteiger partial charge in [0.25, 0.3) is 5.91 Å². The average Bonchev–Trinajstić information content (AvgIpc) is 2.66. The van der Waals surface area contributed by atoms with Crippen molar-refractivity contribution < 1.29 is 19.1 Å². The first-order valence-corrected chi connectivity index (χ1v) is 9.19. The van der Waals surface area contributed by atoms with Gasteiger partial charge < -0.3 is 15.0 Å². The quantitative estimate of drug-likeness (QED) is 0.688. The molecule has 0 aliphatic heterocycles. The van der Waals surface area contributed by atoms with Crippen LogP contribution in [0.1, 0.15) is 30.5 Å². The standard InChI is InChI=1S/C21H23ClN2O4/c1-15(25)23-19(17-8-10-18(22)11-9-17)12-21(27)28-14-20(26)24(2)13-16-6-4-3-5-7-16/h3-11,19H,12-14H2,1-2H3,(H,23,25). The Bertz CT molecular complexity index is 809. The van der Waals surface area contributed by atoms with Crippen molar-refractivity contribution in [3.63, 3.8) is 0 Å². The van der Waals surface area contributed by atoms with Gasteiger partial charge in [-0.1, -0.05) is 54.1 Å². The van der Waals surface area contributed by atoms with Gasteiger partial charge in [0.1, 0.15) is 0 Å². The SMILES string of the molecule is CC(=O)NC(CC(=O)OCC(=O)N(C)Cc1ccccc1)c1ccc(Cl)cc1. The van der Waals surface area contributed by atoms with E-state index in [1.165, 1.54) is 11.8 Å². The Morgan fingerprint density at radius 2 is 1.71 bits per heavy atom. The molecule has 2 aromatic carbocycles. The molecule has 1 N–H and O–H groups in total. The second kappa shape index (κ2) is 10.5. The topological polar surface area (TPSA) is 75.7 Å². The highest BCUT2D eigenvalue weighted by Gasteiger charge is 2.19. The lowest BCUT2D eigenvalue weighted by molar-refractivity contribution is -0.152. The normalized spacial score (nSPS) is 11.4. The molecular formula is C21H23ClN2O4. The molecule has 0 fully saturated rings. The minimum Gasteiger partial charge on any atom is -0.455 e. The minimum absolute atomic E-state index is 0.0864. The Morgan fingerprint density at radius 3 is 2.32 bits per heavy atom. The molecule has 0 aliphatic carbocycles. The molecule has 28 heavy (non-hydrogen) atoms. The summed E-state index contributed by atoms with van der Waals surface area (Å²) >= 11 is 5.88. The van der Waals surface area contributed by atoms with Crippen LogP contribution in [0.2, 0.25) is 5.02 Å². The number of benzene rings is 2. The third-order valence-electron chi connectivity index (χ3n) is 4.07. The van der Waals surface area contributed by atoms with Gasteiger partial charge in [0.15, 0.2) is 6.61 Å². The molecule has 0 bridgehead atoms. The van der Waals surface area contributed by atoms with E-state index in [0.29, 0.717) is 11.6 Å². The largest absolute Gasteiger partial charge is 0.455 e. The number of likely N-dealkylation sites (N-methyl/N-ethyl adjacent to an activating group) is 1. The number of carbonyl (C=O) groups is 3. The Hall–Kier alpha value is -2.86. The van der Waals surface area contributed by atoms with Gasteiger partial charge in [0.05, 0.1) is 12.5 Å². The number of halogens is 1. The van der Waals surface area contributed by atoms with E-state index in [9.17, 15) is 14.4 Å². The fourth-order valence-electron chi connectivity index (χ4n) is 2.62. The fraction of sp³-hybridized carbons (Fsp3) is 0.286. The van der Waals surface area contributed by atoms with Crippen LogP contribution in [-0.2, 0) is 25.7 Å². The third kappa shape index (κ3) is 7.04. The first kappa shape index (κ1) is 21.4. The zero-order valence-electron chi connectivity index (χ0n) is 15.9. The Labute approximate surface area is 169 Å². The Kier molecular flexibility index (Phi) is 8.02. The van der Waals surface area contributed by atoms with Crippen LogP contribution in [0, 0.1) is 0 Å². The first-order chi connectivity index (χ1) is 13.3. The summed E-state index contributed by atoms with van der Waals surface area (Å²) in [5, 5.41) is 3.27. The van der Waals surface area contributed by atoms with Crippen molar-refractivity contribution >= 4 is 29.4 Å². The van der Waals surface area contributed by atoms with Crippen molar-refractivity contribution in [2.24, 2.45) is 0 Å². The molecule has 6 nitrogen and oxygen atoms in total. The summed E-state index contributed by atoms with van der Waals surface area (Å²) in [5.41, 5.74) is 1.71. The number of rotatable bonds is 8. The average molecular weight is 403 g/mol. The summed E-state index contributed by atoms with van der Waals surface area (Å²) in [7, 11) is 1.65. The van der Waals surface area contributed by atoms with Gasteiger partial charge in [-0.3, -0.25) is 14.4 Å². The van der Waals surface area contributed by atoms with Crippen molar-refractivity contribution in [1.82, 2.24) is 10.2 Å². The molecule has 0 aromatic heterocycles. The van der Waals surface area contributed by atoms with E-state index in [0.717, 1.165) is 11.1 Å². The number of carbonyl (C=O) groups excluding carboxylic acids is 3. The summed E-state index contributed by atoms with van der Waals surface area (Å²) in [6, 6.07) is 15.8. The first-order valence-electron chi connectivity index (χ1n) is 8.81. The van der Waals surface area contributed by atoms with Crippen molar-refractivity contribution in [2.45, 2.75) is 25.9 Å². The van der Waals surface area contributed by atoms with E-state index < -0.39 is 12.0 Å². The summed E-state index contributed by atoms with van der Waals surface area (Å²) in [5.74, 6) is -1.15. The summed E-state index contributed by atoms with van der Waals surface area (Å²) in [4.78, 5) is 37.3. The van der Waals surface area contributed by atoms with Crippen LogP contribution in [0.15, 0.2) is 54.6 Å². The van der Waals surface area contributed by atoms with Crippen LogP contribution in [0.25, 0.3) is 0 Å². The van der Waals surface area contributed by atoms with Gasteiger partial charge in [0, 0.05) is 25.5 Å². The van der Waals surface area contributed by atoms with Gasteiger partial charge in [-0.15, -0.1) is 0 Å². The summed E-state index contributed by atoms with van der Waals surface area (Å²) in [6.07, 6.45) is -0.0864. The number of nitrogens with zero attached hydrogens (tertiary/aromatic N) is 1. The molecule has 1 unspecified atom stereocenters. The van der Waals surface area contributed by atoms with Crippen LogP contribution in [0.5, 0.6) is 0 Å². The zero-order chi connectivity index (χ0) is 20.5. The molecule has 148 valence electrons. The molecule has 0 aliphatic rings. The Morgan fingerprint density at radius 1 is 1.07 bits per heavy atom. The van der Waals surface area contributed by atoms with E-state index in [1.807, 2.05) is 30.3 Å². The maximum Gasteiger partial charge on any atom is 0.308 e. The predicted octanol–water partition coefficient (Wildman–Crippen LogP) is 3.11. The number of amides is 2. The highest BCUT2D eigenvalue weighted by atomic mass is 35.5. The molecular weight excluding hydrogens is 380 g/mol. The molecule has 0 spiro atoms. The monoisotopic (exact) mass is 402 g/mol. The van der Waals surface area contributed by atoms with E-state index in [1.54, 1.807) is 31.3 Å². The van der Waals surface area contributed by atoms with Gasteiger partial charge in [0.2, 0.25) is 5.91 Å². The van der Waals surface area contributed by atoms with Crippen LogP contribution in [-0.4, -0.2) is 36.3 Å². The fourth-order valence-corrected chi connectivity index (χ4v) is 2.74. The van der Waals surface area contributed by atoms with Crippen LogP contribution < -0.4 is 5.32 Å².